The molecule has 66 valence electrons. The molecule has 5 heteroatoms. The standard InChI is InChI=1S/C8H5BrN2OS/c9-6-1-5(2-10-3-6)8-11-7(12)4-13-8/h1-4,12H. The van der Waals surface area contributed by atoms with E-state index in [9.17, 15) is 0 Å². The minimum atomic E-state index is 0.0555. The van der Waals surface area contributed by atoms with Crippen LogP contribution in [0.4, 0.5) is 0 Å². The highest BCUT2D eigenvalue weighted by Crippen LogP contribution is 2.27. The van der Waals surface area contributed by atoms with Crippen LogP contribution in [0.15, 0.2) is 28.3 Å². The first-order valence-corrected chi connectivity index (χ1v) is 5.18. The summed E-state index contributed by atoms with van der Waals surface area (Å²) in [5, 5.41) is 11.4. The second kappa shape index (κ2) is 3.43. The summed E-state index contributed by atoms with van der Waals surface area (Å²) in [6.45, 7) is 0. The van der Waals surface area contributed by atoms with E-state index < -0.39 is 0 Å². The first-order valence-electron chi connectivity index (χ1n) is 3.51. The average Bonchev–Trinajstić information content (AvgIpc) is 2.52. The lowest BCUT2D eigenvalue weighted by Crippen LogP contribution is -1.78. The molecule has 0 aromatic carbocycles. The van der Waals surface area contributed by atoms with Gasteiger partial charge in [0.15, 0.2) is 0 Å². The Balaban J connectivity index is 2.46. The molecular formula is C8H5BrN2OS. The van der Waals surface area contributed by atoms with Gasteiger partial charge in [-0.3, -0.25) is 4.98 Å². The summed E-state index contributed by atoms with van der Waals surface area (Å²) in [7, 11) is 0. The van der Waals surface area contributed by atoms with Gasteiger partial charge in [-0.1, -0.05) is 0 Å². The predicted octanol–water partition coefficient (Wildman–Crippen LogP) is 2.67. The highest BCUT2D eigenvalue weighted by atomic mass is 79.9. The quantitative estimate of drug-likeness (QED) is 0.854. The molecule has 0 spiro atoms. The Morgan fingerprint density at radius 3 is 2.85 bits per heavy atom. The van der Waals surface area contributed by atoms with Crippen molar-refractivity contribution in [2.75, 3.05) is 0 Å². The highest BCUT2D eigenvalue weighted by molar-refractivity contribution is 9.10. The number of rotatable bonds is 1. The molecule has 1 N–H and O–H groups in total. The number of hydrogen-bond donors (Lipinski definition) is 1. The molecule has 3 nitrogen and oxygen atoms in total. The van der Waals surface area contributed by atoms with Crippen LogP contribution in [0.25, 0.3) is 10.6 Å². The number of aromatic hydroxyl groups is 1. The Morgan fingerprint density at radius 2 is 2.23 bits per heavy atom. The molecule has 0 unspecified atom stereocenters. The van der Waals surface area contributed by atoms with E-state index in [1.807, 2.05) is 6.07 Å². The van der Waals surface area contributed by atoms with Crippen LogP contribution < -0.4 is 0 Å². The van der Waals surface area contributed by atoms with E-state index in [1.165, 1.54) is 11.3 Å². The number of hydrogen-bond acceptors (Lipinski definition) is 4. The Labute approximate surface area is 87.2 Å². The fourth-order valence-corrected chi connectivity index (χ4v) is 1.96. The molecule has 0 bridgehead atoms. The van der Waals surface area contributed by atoms with Crippen molar-refractivity contribution in [3.05, 3.63) is 28.3 Å². The molecule has 0 fully saturated rings. The highest BCUT2D eigenvalue weighted by Gasteiger charge is 2.03. The monoisotopic (exact) mass is 256 g/mol. The fraction of sp³-hybridized carbons (Fsp3) is 0. The van der Waals surface area contributed by atoms with Gasteiger partial charge in [0.1, 0.15) is 5.01 Å². The molecule has 0 atom stereocenters. The molecule has 0 aliphatic carbocycles. The summed E-state index contributed by atoms with van der Waals surface area (Å²) in [4.78, 5) is 7.94. The molecule has 0 saturated heterocycles. The molecular weight excluding hydrogens is 252 g/mol. The van der Waals surface area contributed by atoms with Gasteiger partial charge in [0.25, 0.3) is 0 Å². The lowest BCUT2D eigenvalue weighted by molar-refractivity contribution is 0.458. The molecule has 0 saturated carbocycles. The predicted molar refractivity (Wildman–Crippen MR) is 54.7 cm³/mol. The van der Waals surface area contributed by atoms with Gasteiger partial charge in [0, 0.05) is 22.4 Å². The van der Waals surface area contributed by atoms with Gasteiger partial charge >= 0.3 is 0 Å². The Hall–Kier alpha value is -0.940. The summed E-state index contributed by atoms with van der Waals surface area (Å²) >= 11 is 4.71. The SMILES string of the molecule is Oc1csc(-c2cncc(Br)c2)n1. The van der Waals surface area contributed by atoms with Gasteiger partial charge < -0.3 is 5.11 Å². The van der Waals surface area contributed by atoms with E-state index in [2.05, 4.69) is 25.9 Å². The number of nitrogens with zero attached hydrogens (tertiary/aromatic N) is 2. The maximum Gasteiger partial charge on any atom is 0.222 e. The maximum absolute atomic E-state index is 9.05. The Kier molecular flexibility index (Phi) is 2.28. The molecule has 13 heavy (non-hydrogen) atoms. The van der Waals surface area contributed by atoms with Crippen LogP contribution in [0, 0.1) is 0 Å². The van der Waals surface area contributed by atoms with Crippen LogP contribution in [0.3, 0.4) is 0 Å². The van der Waals surface area contributed by atoms with E-state index in [1.54, 1.807) is 17.8 Å². The summed E-state index contributed by atoms with van der Waals surface area (Å²) in [6, 6.07) is 1.91. The van der Waals surface area contributed by atoms with Crippen LogP contribution in [0.2, 0.25) is 0 Å². The third-order valence-electron chi connectivity index (χ3n) is 1.44. The summed E-state index contributed by atoms with van der Waals surface area (Å²) in [6.07, 6.45) is 3.42. The number of pyridine rings is 1. The van der Waals surface area contributed by atoms with Crippen LogP contribution >= 0.6 is 27.3 Å². The summed E-state index contributed by atoms with van der Waals surface area (Å²) in [5.74, 6) is 0.0555. The second-order valence-corrected chi connectivity index (χ2v) is 4.18. The van der Waals surface area contributed by atoms with Crippen LogP contribution in [-0.2, 0) is 0 Å². The zero-order valence-corrected chi connectivity index (χ0v) is 8.84. The molecule has 2 rings (SSSR count). The third-order valence-corrected chi connectivity index (χ3v) is 2.76. The smallest absolute Gasteiger partial charge is 0.222 e. The number of thiazole rings is 1. The first kappa shape index (κ1) is 8.65. The summed E-state index contributed by atoms with van der Waals surface area (Å²) < 4.78 is 0.902. The Morgan fingerprint density at radius 1 is 1.38 bits per heavy atom. The van der Waals surface area contributed by atoms with Gasteiger partial charge in [-0.05, 0) is 22.0 Å². The molecule has 0 radical (unpaired) electrons. The van der Waals surface area contributed by atoms with Crippen molar-refractivity contribution in [2.45, 2.75) is 0 Å². The maximum atomic E-state index is 9.05. The van der Waals surface area contributed by atoms with Crippen LogP contribution in [0.1, 0.15) is 0 Å². The second-order valence-electron chi connectivity index (χ2n) is 2.40. The van der Waals surface area contributed by atoms with Crippen molar-refractivity contribution in [1.29, 1.82) is 0 Å². The van der Waals surface area contributed by atoms with Crippen molar-refractivity contribution in [3.8, 4) is 16.5 Å². The zero-order valence-electron chi connectivity index (χ0n) is 6.44. The van der Waals surface area contributed by atoms with E-state index >= 15 is 0 Å². The molecule has 2 aromatic heterocycles. The van der Waals surface area contributed by atoms with E-state index in [4.69, 9.17) is 5.11 Å². The first-order chi connectivity index (χ1) is 6.25. The number of aromatic nitrogens is 2. The van der Waals surface area contributed by atoms with Gasteiger partial charge in [0.2, 0.25) is 5.88 Å². The zero-order chi connectivity index (χ0) is 9.26. The average molecular weight is 257 g/mol. The van der Waals surface area contributed by atoms with E-state index in [0.717, 1.165) is 15.0 Å². The number of halogens is 1. The molecule has 0 aliphatic rings. The largest absolute Gasteiger partial charge is 0.493 e. The minimum absolute atomic E-state index is 0.0555. The molecule has 2 aromatic rings. The normalized spacial score (nSPS) is 10.2. The minimum Gasteiger partial charge on any atom is -0.493 e. The fourth-order valence-electron chi connectivity index (χ4n) is 0.927. The van der Waals surface area contributed by atoms with Gasteiger partial charge in [0.05, 0.1) is 5.38 Å². The van der Waals surface area contributed by atoms with Gasteiger partial charge in [-0.15, -0.1) is 11.3 Å². The van der Waals surface area contributed by atoms with Crippen LogP contribution in [-0.4, -0.2) is 15.1 Å². The third kappa shape index (κ3) is 1.87. The van der Waals surface area contributed by atoms with Crippen molar-refractivity contribution < 1.29 is 5.11 Å². The Bertz CT molecular complexity index is 430. The van der Waals surface area contributed by atoms with E-state index in [-0.39, 0.29) is 5.88 Å². The van der Waals surface area contributed by atoms with Gasteiger partial charge in [-0.25, -0.2) is 4.98 Å². The molecule has 2 heterocycles. The summed E-state index contributed by atoms with van der Waals surface area (Å²) in [5.41, 5.74) is 0.902. The van der Waals surface area contributed by atoms with Crippen molar-refractivity contribution in [3.63, 3.8) is 0 Å². The lowest BCUT2D eigenvalue weighted by atomic mass is 10.3. The van der Waals surface area contributed by atoms with Crippen molar-refractivity contribution in [2.24, 2.45) is 0 Å². The van der Waals surface area contributed by atoms with Crippen LogP contribution in [0.5, 0.6) is 5.88 Å². The molecule has 0 aliphatic heterocycles. The van der Waals surface area contributed by atoms with E-state index in [0.29, 0.717) is 0 Å². The van der Waals surface area contributed by atoms with Crippen molar-refractivity contribution in [1.82, 2.24) is 9.97 Å². The van der Waals surface area contributed by atoms with Gasteiger partial charge in [-0.2, -0.15) is 0 Å². The molecule has 0 amide bonds. The topological polar surface area (TPSA) is 46.0 Å². The lowest BCUT2D eigenvalue weighted by Gasteiger charge is -1.94. The van der Waals surface area contributed by atoms with Crippen molar-refractivity contribution >= 4 is 27.3 Å².